The van der Waals surface area contributed by atoms with Crippen molar-refractivity contribution in [3.8, 4) is 0 Å². The first kappa shape index (κ1) is 39.0. The van der Waals surface area contributed by atoms with Crippen LogP contribution in [0.2, 0.25) is 0 Å². The van der Waals surface area contributed by atoms with Crippen LogP contribution in [-0.4, -0.2) is 42.5 Å². The van der Waals surface area contributed by atoms with E-state index in [2.05, 4.69) is 123 Å². The van der Waals surface area contributed by atoms with Gasteiger partial charge in [0.05, 0.1) is 20.8 Å². The minimum absolute atomic E-state index is 0.200. The molecule has 1 unspecified atom stereocenters. The molecule has 1 heterocycles. The monoisotopic (exact) mass is 854 g/mol. The van der Waals surface area contributed by atoms with Gasteiger partial charge in [0.15, 0.2) is 0 Å². The summed E-state index contributed by atoms with van der Waals surface area (Å²) in [6, 6.07) is 20.5. The van der Waals surface area contributed by atoms with E-state index in [9.17, 15) is 9.59 Å². The van der Waals surface area contributed by atoms with Crippen LogP contribution >= 0.6 is 47.8 Å². The first-order chi connectivity index (χ1) is 23.2. The molecule has 1 aliphatic heterocycles. The summed E-state index contributed by atoms with van der Waals surface area (Å²) >= 11 is 10.8. The van der Waals surface area contributed by atoms with E-state index in [1.54, 1.807) is 0 Å². The summed E-state index contributed by atoms with van der Waals surface area (Å²) in [4.78, 5) is 28.7. The highest BCUT2D eigenvalue weighted by atomic mass is 79.9. The molecular formula is C40H45Br3N2O4. The van der Waals surface area contributed by atoms with E-state index >= 15 is 0 Å². The molecule has 0 aliphatic carbocycles. The first-order valence-corrected chi connectivity index (χ1v) is 18.6. The lowest BCUT2D eigenvalue weighted by Crippen LogP contribution is -2.30. The SMILES string of the molecule is COC(=O)C1c2cccc(Br)c2CN1Cc1c(C)cc(C)cc1C.COC(=O)CN(Cc1c(C)cc(C)cc1C)Cc1c(Br)cccc1Br. The molecule has 6 nitrogen and oxygen atoms in total. The predicted molar refractivity (Wildman–Crippen MR) is 207 cm³/mol. The van der Waals surface area contributed by atoms with Crippen LogP contribution in [0.1, 0.15) is 67.2 Å². The molecule has 5 rings (SSSR count). The quantitative estimate of drug-likeness (QED) is 0.156. The molecule has 0 amide bonds. The fourth-order valence-corrected chi connectivity index (χ4v) is 8.45. The number of hydrogen-bond donors (Lipinski definition) is 0. The highest BCUT2D eigenvalue weighted by Gasteiger charge is 2.37. The number of aryl methyl sites for hydroxylation is 6. The summed E-state index contributed by atoms with van der Waals surface area (Å²) < 4.78 is 13.1. The van der Waals surface area contributed by atoms with Gasteiger partial charge in [0, 0.05) is 39.6 Å². The number of hydrogen-bond acceptors (Lipinski definition) is 6. The van der Waals surface area contributed by atoms with Gasteiger partial charge in [0.1, 0.15) is 6.04 Å². The van der Waals surface area contributed by atoms with Gasteiger partial charge in [-0.3, -0.25) is 14.6 Å². The normalized spacial score (nSPS) is 13.9. The Hall–Kier alpha value is -2.82. The van der Waals surface area contributed by atoms with Crippen molar-refractivity contribution in [2.45, 2.75) is 73.8 Å². The molecule has 1 aliphatic rings. The molecule has 9 heteroatoms. The van der Waals surface area contributed by atoms with Gasteiger partial charge in [-0.15, -0.1) is 0 Å². The third-order valence-corrected chi connectivity index (χ3v) is 11.3. The zero-order chi connectivity index (χ0) is 36.0. The Labute approximate surface area is 316 Å². The van der Waals surface area contributed by atoms with Gasteiger partial charge in [-0.25, -0.2) is 4.79 Å². The number of rotatable bonds is 9. The van der Waals surface area contributed by atoms with Crippen molar-refractivity contribution in [3.05, 3.63) is 135 Å². The Bertz CT molecular complexity index is 1770. The standard InChI is InChI=1S/C20H23Br2NO2.C20H22BrNO2/c1-13-8-14(2)16(15(3)9-13)10-23(12-20(24)25-4)11-17-18(21)6-5-7-19(17)22;1-12-8-13(2)16(14(3)9-12)10-22-11-17-15(6-5-7-18(17)21)19(22)20(23)24-4/h5-9H,10-12H2,1-4H3;5-9,19H,10-11H2,1-4H3. The van der Waals surface area contributed by atoms with Crippen molar-refractivity contribution in [2.75, 3.05) is 20.8 Å². The highest BCUT2D eigenvalue weighted by molar-refractivity contribution is 9.11. The van der Waals surface area contributed by atoms with Gasteiger partial charge in [-0.2, -0.15) is 0 Å². The molecule has 1 atom stereocenters. The number of carbonyl (C=O) groups is 2. The maximum atomic E-state index is 12.4. The van der Waals surface area contributed by atoms with E-state index in [0.717, 1.165) is 37.6 Å². The van der Waals surface area contributed by atoms with E-state index < -0.39 is 0 Å². The number of carbonyl (C=O) groups excluding carboxylic acids is 2. The number of nitrogens with zero attached hydrogens (tertiary/aromatic N) is 2. The summed E-state index contributed by atoms with van der Waals surface area (Å²) in [5.74, 6) is -0.431. The fraction of sp³-hybridized carbons (Fsp3) is 0.350. The number of methoxy groups -OCH3 is 2. The van der Waals surface area contributed by atoms with Crippen molar-refractivity contribution < 1.29 is 19.1 Å². The number of ether oxygens (including phenoxy) is 2. The van der Waals surface area contributed by atoms with Gasteiger partial charge in [-0.05, 0) is 110 Å². The zero-order valence-electron chi connectivity index (χ0n) is 29.5. The Morgan fingerprint density at radius 1 is 0.714 bits per heavy atom. The second-order valence-corrected chi connectivity index (χ2v) is 15.4. The van der Waals surface area contributed by atoms with Gasteiger partial charge >= 0.3 is 11.9 Å². The van der Waals surface area contributed by atoms with Crippen molar-refractivity contribution in [3.63, 3.8) is 0 Å². The molecule has 0 N–H and O–H groups in total. The Kier molecular flexibility index (Phi) is 13.8. The summed E-state index contributed by atoms with van der Waals surface area (Å²) in [6.45, 7) is 15.8. The van der Waals surface area contributed by atoms with E-state index in [1.807, 2.05) is 36.4 Å². The molecule has 0 spiro atoms. The van der Waals surface area contributed by atoms with Crippen molar-refractivity contribution >= 4 is 59.7 Å². The zero-order valence-corrected chi connectivity index (χ0v) is 34.3. The lowest BCUT2D eigenvalue weighted by Gasteiger charge is -2.25. The number of benzene rings is 4. The smallest absolute Gasteiger partial charge is 0.327 e. The molecule has 0 bridgehead atoms. The molecule has 260 valence electrons. The summed E-state index contributed by atoms with van der Waals surface area (Å²) in [5, 5.41) is 0. The van der Waals surface area contributed by atoms with E-state index in [4.69, 9.17) is 9.47 Å². The Balaban J connectivity index is 0.000000221. The predicted octanol–water partition coefficient (Wildman–Crippen LogP) is 9.92. The molecular weight excluding hydrogens is 812 g/mol. The van der Waals surface area contributed by atoms with E-state index in [1.165, 1.54) is 64.3 Å². The molecule has 0 fully saturated rings. The minimum atomic E-state index is -0.345. The van der Waals surface area contributed by atoms with Gasteiger partial charge in [0.2, 0.25) is 0 Å². The number of halogens is 3. The van der Waals surface area contributed by atoms with Crippen LogP contribution in [0.5, 0.6) is 0 Å². The van der Waals surface area contributed by atoms with Crippen molar-refractivity contribution in [2.24, 2.45) is 0 Å². The van der Waals surface area contributed by atoms with Crippen LogP contribution in [0.3, 0.4) is 0 Å². The largest absolute Gasteiger partial charge is 0.468 e. The summed E-state index contributed by atoms with van der Waals surface area (Å²) in [5.41, 5.74) is 13.4. The Morgan fingerprint density at radius 2 is 1.20 bits per heavy atom. The van der Waals surface area contributed by atoms with Crippen LogP contribution in [0, 0.1) is 41.5 Å². The topological polar surface area (TPSA) is 59.1 Å². The van der Waals surface area contributed by atoms with E-state index in [0.29, 0.717) is 13.1 Å². The minimum Gasteiger partial charge on any atom is -0.468 e. The van der Waals surface area contributed by atoms with Crippen LogP contribution in [-0.2, 0) is 45.2 Å². The van der Waals surface area contributed by atoms with Gasteiger partial charge < -0.3 is 9.47 Å². The second-order valence-electron chi connectivity index (χ2n) is 12.8. The maximum Gasteiger partial charge on any atom is 0.327 e. The highest BCUT2D eigenvalue weighted by Crippen LogP contribution is 2.40. The fourth-order valence-electron chi connectivity index (χ4n) is 6.69. The maximum absolute atomic E-state index is 12.4. The molecule has 0 saturated heterocycles. The first-order valence-electron chi connectivity index (χ1n) is 16.2. The van der Waals surface area contributed by atoms with Crippen LogP contribution in [0.25, 0.3) is 0 Å². The molecule has 49 heavy (non-hydrogen) atoms. The van der Waals surface area contributed by atoms with Crippen LogP contribution < -0.4 is 0 Å². The summed E-state index contributed by atoms with van der Waals surface area (Å²) in [7, 11) is 2.89. The average molecular weight is 858 g/mol. The molecule has 4 aromatic carbocycles. The second kappa shape index (κ2) is 17.4. The third kappa shape index (κ3) is 9.70. The summed E-state index contributed by atoms with van der Waals surface area (Å²) in [6.07, 6.45) is 0. The van der Waals surface area contributed by atoms with Gasteiger partial charge in [0.25, 0.3) is 0 Å². The molecule has 0 aromatic heterocycles. The number of fused-ring (bicyclic) bond motifs is 1. The van der Waals surface area contributed by atoms with Gasteiger partial charge in [-0.1, -0.05) is 101 Å². The lowest BCUT2D eigenvalue weighted by molar-refractivity contribution is -0.147. The molecule has 0 radical (unpaired) electrons. The van der Waals surface area contributed by atoms with Crippen molar-refractivity contribution in [1.29, 1.82) is 0 Å². The average Bonchev–Trinajstić information content (AvgIpc) is 3.41. The van der Waals surface area contributed by atoms with E-state index in [-0.39, 0.29) is 24.5 Å². The van der Waals surface area contributed by atoms with Crippen LogP contribution in [0.15, 0.2) is 74.1 Å². The molecule has 4 aromatic rings. The number of esters is 2. The third-order valence-electron chi connectivity index (χ3n) is 9.05. The Morgan fingerprint density at radius 3 is 1.73 bits per heavy atom. The van der Waals surface area contributed by atoms with Crippen LogP contribution in [0.4, 0.5) is 0 Å². The van der Waals surface area contributed by atoms with Crippen molar-refractivity contribution in [1.82, 2.24) is 9.80 Å². The lowest BCUT2D eigenvalue weighted by atomic mass is 9.99. The molecule has 0 saturated carbocycles.